The molecule has 1 aromatic rings. The molecule has 0 aliphatic heterocycles. The molecule has 0 radical (unpaired) electrons. The minimum absolute atomic E-state index is 0.153. The lowest BCUT2D eigenvalue weighted by Crippen LogP contribution is -2.38. The fourth-order valence-electron chi connectivity index (χ4n) is 1.71. The summed E-state index contributed by atoms with van der Waals surface area (Å²) in [6, 6.07) is 7.93. The molecule has 1 rings (SSSR count). The largest absolute Gasteiger partial charge is 0.419 e. The molecule has 2 atom stereocenters. The van der Waals surface area contributed by atoms with E-state index in [0.29, 0.717) is 15.2 Å². The van der Waals surface area contributed by atoms with E-state index in [1.165, 1.54) is 12.1 Å². The van der Waals surface area contributed by atoms with Gasteiger partial charge in [0.25, 0.3) is 0 Å². The molecule has 0 aliphatic rings. The minimum Gasteiger partial charge on any atom is -0.419 e. The third kappa shape index (κ3) is 5.57. The summed E-state index contributed by atoms with van der Waals surface area (Å²) < 4.78 is 43.5. The fourth-order valence-corrected chi connectivity index (χ4v) is 9.45. The molecule has 146 valence electrons. The lowest BCUT2D eigenvalue weighted by molar-refractivity contribution is -0.150. The fraction of sp³-hybridized carbons (Fsp3) is 0.467. The molecule has 0 aromatic heterocycles. The molecular weight excluding hydrogens is 399 g/mol. The first-order valence-corrected chi connectivity index (χ1v) is 12.7. The van der Waals surface area contributed by atoms with Crippen molar-refractivity contribution in [3.8, 4) is 5.75 Å². The molecule has 0 saturated heterocycles. The monoisotopic (exact) mass is 422 g/mol. The van der Waals surface area contributed by atoms with Crippen LogP contribution in [0.1, 0.15) is 20.3 Å². The third-order valence-electron chi connectivity index (χ3n) is 3.53. The van der Waals surface area contributed by atoms with Gasteiger partial charge >= 0.3 is 18.5 Å². The van der Waals surface area contributed by atoms with Gasteiger partial charge < -0.3 is 4.74 Å². The standard InChI is InChI=1S/C15H23N2O6PS2/c1-6-12(2)25-24(20,17(4)26(5,21)22)16(3)14(18)15(19)23-13-10-8-7-9-11-13/h7-12H,6H2,1-5H3. The molecule has 2 unspecified atom stereocenters. The zero-order valence-electron chi connectivity index (χ0n) is 15.3. The predicted molar refractivity (Wildman–Crippen MR) is 102 cm³/mol. The summed E-state index contributed by atoms with van der Waals surface area (Å²) in [5.41, 5.74) is 0. The maximum absolute atomic E-state index is 13.4. The highest BCUT2D eigenvalue weighted by Gasteiger charge is 2.44. The molecule has 0 bridgehead atoms. The van der Waals surface area contributed by atoms with Crippen LogP contribution in [-0.2, 0) is 24.2 Å². The smallest absolute Gasteiger partial charge is 0.402 e. The zero-order chi connectivity index (χ0) is 20.1. The molecule has 1 aromatic carbocycles. The van der Waals surface area contributed by atoms with E-state index in [4.69, 9.17) is 4.74 Å². The summed E-state index contributed by atoms with van der Waals surface area (Å²) in [5, 5.41) is -0.203. The quantitative estimate of drug-likeness (QED) is 0.288. The van der Waals surface area contributed by atoms with E-state index in [9.17, 15) is 22.6 Å². The lowest BCUT2D eigenvalue weighted by atomic mass is 10.3. The van der Waals surface area contributed by atoms with Crippen molar-refractivity contribution in [1.29, 1.82) is 0 Å². The first-order chi connectivity index (χ1) is 11.9. The number of hydrogen-bond donors (Lipinski definition) is 0. The maximum Gasteiger partial charge on any atom is 0.402 e. The van der Waals surface area contributed by atoms with E-state index in [0.717, 1.165) is 31.7 Å². The van der Waals surface area contributed by atoms with Gasteiger partial charge in [-0.2, -0.15) is 0 Å². The van der Waals surface area contributed by atoms with Crippen LogP contribution in [0.2, 0.25) is 0 Å². The lowest BCUT2D eigenvalue weighted by Gasteiger charge is -2.33. The number of hydrogen-bond acceptors (Lipinski definition) is 7. The van der Waals surface area contributed by atoms with Crippen LogP contribution in [0, 0.1) is 0 Å². The first kappa shape index (κ1) is 22.7. The third-order valence-corrected chi connectivity index (χ3v) is 12.3. The Hall–Kier alpha value is -1.35. The van der Waals surface area contributed by atoms with E-state index in [2.05, 4.69) is 0 Å². The average molecular weight is 422 g/mol. The van der Waals surface area contributed by atoms with Crippen LogP contribution in [0.5, 0.6) is 5.75 Å². The summed E-state index contributed by atoms with van der Waals surface area (Å²) in [6.07, 6.45) is 1.49. The Morgan fingerprint density at radius 3 is 2.23 bits per heavy atom. The van der Waals surface area contributed by atoms with Gasteiger partial charge in [-0.1, -0.05) is 43.4 Å². The van der Waals surface area contributed by atoms with Crippen LogP contribution in [-0.4, -0.2) is 54.6 Å². The predicted octanol–water partition coefficient (Wildman–Crippen LogP) is 2.58. The van der Waals surface area contributed by atoms with Crippen molar-refractivity contribution in [2.45, 2.75) is 25.5 Å². The number of amides is 1. The molecule has 0 spiro atoms. The highest BCUT2D eigenvalue weighted by Crippen LogP contribution is 2.65. The molecule has 0 aliphatic carbocycles. The normalized spacial score (nSPS) is 15.2. The van der Waals surface area contributed by atoms with Crippen molar-refractivity contribution in [1.82, 2.24) is 8.75 Å². The second-order valence-corrected chi connectivity index (χ2v) is 13.1. The van der Waals surface area contributed by atoms with Crippen LogP contribution in [0.4, 0.5) is 0 Å². The number of carbonyl (C=O) groups excluding carboxylic acids is 2. The minimum atomic E-state index is -3.97. The summed E-state index contributed by atoms with van der Waals surface area (Å²) >= 11 is 0.842. The van der Waals surface area contributed by atoms with Gasteiger partial charge in [-0.05, 0) is 18.6 Å². The molecule has 11 heteroatoms. The van der Waals surface area contributed by atoms with Gasteiger partial charge in [-0.15, -0.1) is 4.08 Å². The van der Waals surface area contributed by atoms with Crippen molar-refractivity contribution < 1.29 is 27.3 Å². The number of sulfonamides is 1. The topological polar surface area (TPSA) is 101 Å². The Morgan fingerprint density at radius 2 is 1.77 bits per heavy atom. The SMILES string of the molecule is CCC(C)SP(=O)(N(C)C(=O)C(=O)Oc1ccccc1)N(C)S(C)(=O)=O. The van der Waals surface area contributed by atoms with Gasteiger partial charge in [0.2, 0.25) is 10.0 Å². The number of para-hydroxylation sites is 1. The zero-order valence-corrected chi connectivity index (χ0v) is 17.8. The molecular formula is C15H23N2O6PS2. The van der Waals surface area contributed by atoms with Gasteiger partial charge in [0.1, 0.15) is 5.75 Å². The van der Waals surface area contributed by atoms with E-state index in [-0.39, 0.29) is 11.0 Å². The summed E-state index contributed by atoms with van der Waals surface area (Å²) in [4.78, 5) is 24.6. The second-order valence-electron chi connectivity index (χ2n) is 5.54. The molecule has 8 nitrogen and oxygen atoms in total. The molecule has 0 heterocycles. The van der Waals surface area contributed by atoms with Crippen LogP contribution in [0.3, 0.4) is 0 Å². The molecule has 1 amide bonds. The van der Waals surface area contributed by atoms with E-state index < -0.39 is 28.5 Å². The first-order valence-electron chi connectivity index (χ1n) is 7.71. The Morgan fingerprint density at radius 1 is 1.23 bits per heavy atom. The Kier molecular flexibility index (Phi) is 7.88. The Bertz CT molecular complexity index is 800. The summed E-state index contributed by atoms with van der Waals surface area (Å²) in [7, 11) is -1.62. The van der Waals surface area contributed by atoms with Crippen LogP contribution < -0.4 is 4.74 Å². The Labute approximate surface area is 158 Å². The summed E-state index contributed by atoms with van der Waals surface area (Å²) in [6.45, 7) is -0.366. The van der Waals surface area contributed by atoms with Gasteiger partial charge in [0.05, 0.1) is 6.26 Å². The number of esters is 1. The highest BCUT2D eigenvalue weighted by molar-refractivity contribution is 8.58. The van der Waals surface area contributed by atoms with E-state index in [1.807, 2.05) is 6.92 Å². The van der Waals surface area contributed by atoms with Crippen LogP contribution in [0.15, 0.2) is 30.3 Å². The number of nitrogens with zero attached hydrogens (tertiary/aromatic N) is 2. The molecule has 0 fully saturated rings. The maximum atomic E-state index is 13.4. The van der Waals surface area contributed by atoms with Crippen molar-refractivity contribution >= 4 is 39.9 Å². The molecule has 26 heavy (non-hydrogen) atoms. The van der Waals surface area contributed by atoms with Crippen molar-refractivity contribution in [3.05, 3.63) is 30.3 Å². The van der Waals surface area contributed by atoms with Gasteiger partial charge in [0, 0.05) is 19.3 Å². The van der Waals surface area contributed by atoms with E-state index in [1.54, 1.807) is 25.1 Å². The molecule has 0 saturated carbocycles. The van der Waals surface area contributed by atoms with Crippen LogP contribution in [0.25, 0.3) is 0 Å². The number of likely N-dealkylation sites (N-methyl/N-ethyl adjacent to an activating group) is 1. The number of rotatable bonds is 7. The number of benzene rings is 1. The van der Waals surface area contributed by atoms with Crippen LogP contribution >= 0.6 is 18.0 Å². The van der Waals surface area contributed by atoms with E-state index >= 15 is 0 Å². The summed E-state index contributed by atoms with van der Waals surface area (Å²) in [5.74, 6) is -2.28. The van der Waals surface area contributed by atoms with Crippen molar-refractivity contribution in [2.24, 2.45) is 0 Å². The van der Waals surface area contributed by atoms with Crippen molar-refractivity contribution in [2.75, 3.05) is 20.4 Å². The Balaban J connectivity index is 3.14. The second kappa shape index (κ2) is 9.03. The van der Waals surface area contributed by atoms with Gasteiger partial charge in [-0.25, -0.2) is 13.2 Å². The van der Waals surface area contributed by atoms with Gasteiger partial charge in [0.15, 0.2) is 0 Å². The molecule has 0 N–H and O–H groups in total. The average Bonchev–Trinajstić information content (AvgIpc) is 2.59. The number of ether oxygens (including phenoxy) is 1. The van der Waals surface area contributed by atoms with Gasteiger partial charge in [-0.3, -0.25) is 14.0 Å². The van der Waals surface area contributed by atoms with Crippen molar-refractivity contribution in [3.63, 3.8) is 0 Å². The highest BCUT2D eigenvalue weighted by atomic mass is 32.7. The number of carbonyl (C=O) groups is 2.